The third kappa shape index (κ3) is 3.94. The first-order valence-electron chi connectivity index (χ1n) is 10.2. The van der Waals surface area contributed by atoms with E-state index in [1.165, 1.54) is 0 Å². The number of Topliss-reactive ketones (excluding diaryl/α,β-unsaturated/α-hetero) is 1. The van der Waals surface area contributed by atoms with E-state index in [2.05, 4.69) is 0 Å². The molecule has 152 valence electrons. The molecule has 6 heteroatoms. The summed E-state index contributed by atoms with van der Waals surface area (Å²) in [5, 5.41) is 0. The molecule has 3 aliphatic heterocycles. The average Bonchev–Trinajstić information content (AvgIpc) is 3.26. The van der Waals surface area contributed by atoms with Crippen LogP contribution in [0.4, 0.5) is 4.79 Å². The molecule has 3 fully saturated rings. The van der Waals surface area contributed by atoms with Gasteiger partial charge >= 0.3 is 6.09 Å². The lowest BCUT2D eigenvalue weighted by Crippen LogP contribution is -2.49. The summed E-state index contributed by atoms with van der Waals surface area (Å²) in [6, 6.07) is 7.75. The van der Waals surface area contributed by atoms with Gasteiger partial charge in [-0.25, -0.2) is 4.79 Å². The van der Waals surface area contributed by atoms with Gasteiger partial charge in [-0.05, 0) is 46.5 Å². The highest BCUT2D eigenvalue weighted by atomic mass is 16.7. The van der Waals surface area contributed by atoms with Crippen LogP contribution < -0.4 is 0 Å². The van der Waals surface area contributed by atoms with Crippen molar-refractivity contribution in [2.45, 2.75) is 70.4 Å². The number of piperidine rings is 1. The quantitative estimate of drug-likeness (QED) is 0.731. The van der Waals surface area contributed by atoms with Crippen LogP contribution in [0.1, 0.15) is 68.7 Å². The predicted octanol–water partition coefficient (Wildman–Crippen LogP) is 4.09. The first kappa shape index (κ1) is 19.4. The first-order chi connectivity index (χ1) is 13.3. The molecule has 0 saturated carbocycles. The van der Waals surface area contributed by atoms with E-state index in [1.54, 1.807) is 0 Å². The lowest BCUT2D eigenvalue weighted by atomic mass is 9.84. The molecule has 2 bridgehead atoms. The molecule has 0 aromatic heterocycles. The second-order valence-corrected chi connectivity index (χ2v) is 9.00. The number of ketones is 1. The van der Waals surface area contributed by atoms with Crippen LogP contribution in [0.25, 0.3) is 0 Å². The molecule has 3 aliphatic rings. The van der Waals surface area contributed by atoms with E-state index >= 15 is 0 Å². The largest absolute Gasteiger partial charge is 0.444 e. The highest BCUT2D eigenvalue weighted by Crippen LogP contribution is 2.40. The van der Waals surface area contributed by atoms with Gasteiger partial charge in [0.15, 0.2) is 12.1 Å². The van der Waals surface area contributed by atoms with Crippen molar-refractivity contribution in [3.05, 3.63) is 35.4 Å². The number of benzene rings is 1. The first-order valence-corrected chi connectivity index (χ1v) is 10.2. The van der Waals surface area contributed by atoms with Gasteiger partial charge in [0.1, 0.15) is 5.60 Å². The third-order valence-corrected chi connectivity index (χ3v) is 5.80. The van der Waals surface area contributed by atoms with Gasteiger partial charge in [0, 0.05) is 29.1 Å². The Kier molecular flexibility index (Phi) is 5.19. The van der Waals surface area contributed by atoms with Crippen molar-refractivity contribution in [3.8, 4) is 0 Å². The zero-order valence-electron chi connectivity index (χ0n) is 16.8. The molecular formula is C22H29NO5. The number of fused-ring (bicyclic) bond motifs is 2. The van der Waals surface area contributed by atoms with Gasteiger partial charge in [-0.15, -0.1) is 0 Å². The number of carbonyl (C=O) groups excluding carboxylic acids is 2. The molecule has 0 radical (unpaired) electrons. The Morgan fingerprint density at radius 2 is 1.57 bits per heavy atom. The Labute approximate surface area is 166 Å². The van der Waals surface area contributed by atoms with Crippen molar-refractivity contribution in [1.82, 2.24) is 4.90 Å². The van der Waals surface area contributed by atoms with Gasteiger partial charge in [0.05, 0.1) is 13.2 Å². The van der Waals surface area contributed by atoms with Crippen LogP contribution in [0.3, 0.4) is 0 Å². The van der Waals surface area contributed by atoms with Gasteiger partial charge in [0.2, 0.25) is 0 Å². The summed E-state index contributed by atoms with van der Waals surface area (Å²) in [6.07, 6.45) is 2.76. The zero-order valence-corrected chi connectivity index (χ0v) is 16.8. The van der Waals surface area contributed by atoms with Gasteiger partial charge in [-0.1, -0.05) is 24.3 Å². The normalized spacial score (nSPS) is 27.8. The Morgan fingerprint density at radius 3 is 2.11 bits per heavy atom. The maximum absolute atomic E-state index is 13.1. The monoisotopic (exact) mass is 387 g/mol. The van der Waals surface area contributed by atoms with Crippen LogP contribution in [0, 0.1) is 5.92 Å². The van der Waals surface area contributed by atoms with Crippen molar-refractivity contribution in [2.24, 2.45) is 5.92 Å². The maximum atomic E-state index is 13.1. The van der Waals surface area contributed by atoms with Gasteiger partial charge in [-0.3, -0.25) is 4.79 Å². The lowest BCUT2D eigenvalue weighted by molar-refractivity contribution is -0.0441. The fourth-order valence-electron chi connectivity index (χ4n) is 4.59. The van der Waals surface area contributed by atoms with E-state index in [1.807, 2.05) is 49.9 Å². The molecule has 3 heterocycles. The van der Waals surface area contributed by atoms with E-state index in [9.17, 15) is 9.59 Å². The Balaban J connectivity index is 1.41. The Morgan fingerprint density at radius 1 is 1.00 bits per heavy atom. The molecule has 28 heavy (non-hydrogen) atoms. The van der Waals surface area contributed by atoms with Crippen LogP contribution in [0.5, 0.6) is 0 Å². The minimum absolute atomic E-state index is 0.0407. The lowest BCUT2D eigenvalue weighted by Gasteiger charge is -2.39. The van der Waals surface area contributed by atoms with Crippen molar-refractivity contribution in [3.63, 3.8) is 0 Å². The molecule has 3 saturated heterocycles. The van der Waals surface area contributed by atoms with E-state index in [0.717, 1.165) is 24.0 Å². The second-order valence-electron chi connectivity index (χ2n) is 9.00. The summed E-state index contributed by atoms with van der Waals surface area (Å²) < 4.78 is 16.6. The minimum atomic E-state index is -0.502. The summed E-state index contributed by atoms with van der Waals surface area (Å²) in [7, 11) is 0. The van der Waals surface area contributed by atoms with Crippen molar-refractivity contribution in [1.29, 1.82) is 0 Å². The van der Waals surface area contributed by atoms with Crippen LogP contribution in [-0.2, 0) is 14.2 Å². The fraction of sp³-hybridized carbons (Fsp3) is 0.636. The smallest absolute Gasteiger partial charge is 0.410 e. The standard InChI is InChI=1S/C22H29NO5/c1-22(2,3)28-21(25)23-17-8-9-18(23)13-16(12-17)19(24)14-4-6-15(7-5-14)20-26-10-11-27-20/h4-7,16-18,20H,8-13H2,1-3H3. The van der Waals surface area contributed by atoms with Crippen molar-refractivity contribution in [2.75, 3.05) is 13.2 Å². The molecule has 1 amide bonds. The van der Waals surface area contributed by atoms with Crippen LogP contribution in [0.2, 0.25) is 0 Å². The third-order valence-electron chi connectivity index (χ3n) is 5.80. The van der Waals surface area contributed by atoms with Crippen LogP contribution in [-0.4, -0.2) is 47.7 Å². The second kappa shape index (κ2) is 7.48. The van der Waals surface area contributed by atoms with E-state index in [0.29, 0.717) is 26.1 Å². The molecule has 2 atom stereocenters. The topological polar surface area (TPSA) is 65.1 Å². The number of carbonyl (C=O) groups is 2. The summed E-state index contributed by atoms with van der Waals surface area (Å²) in [5.74, 6) is 0.126. The molecule has 4 rings (SSSR count). The molecule has 6 nitrogen and oxygen atoms in total. The van der Waals surface area contributed by atoms with E-state index in [-0.39, 0.29) is 36.2 Å². The summed E-state index contributed by atoms with van der Waals surface area (Å²) in [5.41, 5.74) is 1.16. The Bertz CT molecular complexity index is 718. The molecule has 2 unspecified atom stereocenters. The number of hydrogen-bond donors (Lipinski definition) is 0. The number of hydrogen-bond acceptors (Lipinski definition) is 5. The highest BCUT2D eigenvalue weighted by Gasteiger charge is 2.46. The highest BCUT2D eigenvalue weighted by molar-refractivity contribution is 5.98. The summed E-state index contributed by atoms with van der Waals surface area (Å²) in [4.78, 5) is 27.5. The minimum Gasteiger partial charge on any atom is -0.444 e. The summed E-state index contributed by atoms with van der Waals surface area (Å²) >= 11 is 0. The van der Waals surface area contributed by atoms with Gasteiger partial charge in [-0.2, -0.15) is 0 Å². The molecular weight excluding hydrogens is 358 g/mol. The number of ether oxygens (including phenoxy) is 3. The zero-order chi connectivity index (χ0) is 19.9. The van der Waals surface area contributed by atoms with E-state index < -0.39 is 5.60 Å². The number of nitrogens with zero attached hydrogens (tertiary/aromatic N) is 1. The van der Waals surface area contributed by atoms with Crippen LogP contribution >= 0.6 is 0 Å². The number of amides is 1. The molecule has 1 aromatic carbocycles. The molecule has 0 N–H and O–H groups in total. The van der Waals surface area contributed by atoms with Gasteiger partial charge in [0.25, 0.3) is 0 Å². The summed E-state index contributed by atoms with van der Waals surface area (Å²) in [6.45, 7) is 6.85. The fourth-order valence-corrected chi connectivity index (χ4v) is 4.59. The van der Waals surface area contributed by atoms with E-state index in [4.69, 9.17) is 14.2 Å². The number of rotatable bonds is 3. The molecule has 0 spiro atoms. The van der Waals surface area contributed by atoms with Gasteiger partial charge < -0.3 is 19.1 Å². The average molecular weight is 387 g/mol. The molecule has 1 aromatic rings. The van der Waals surface area contributed by atoms with Crippen LogP contribution in [0.15, 0.2) is 24.3 Å². The maximum Gasteiger partial charge on any atom is 0.410 e. The predicted molar refractivity (Wildman–Crippen MR) is 103 cm³/mol. The molecule has 0 aliphatic carbocycles. The Hall–Kier alpha value is -1.92. The van der Waals surface area contributed by atoms with Crippen molar-refractivity contribution >= 4 is 11.9 Å². The SMILES string of the molecule is CC(C)(C)OC(=O)N1C2CCC1CC(C(=O)c1ccc(C3OCCO3)cc1)C2. The van der Waals surface area contributed by atoms with Crippen molar-refractivity contribution < 1.29 is 23.8 Å².